The maximum atomic E-state index is 13.0. The van der Waals surface area contributed by atoms with Gasteiger partial charge in [-0.3, -0.25) is 4.79 Å². The maximum absolute atomic E-state index is 13.0. The third kappa shape index (κ3) is 3.40. The van der Waals surface area contributed by atoms with Crippen LogP contribution >= 0.6 is 0 Å². The number of nitrogens with zero attached hydrogens (tertiary/aromatic N) is 2. The van der Waals surface area contributed by atoms with Gasteiger partial charge in [-0.05, 0) is 42.7 Å². The van der Waals surface area contributed by atoms with Crippen molar-refractivity contribution in [3.8, 4) is 5.75 Å². The van der Waals surface area contributed by atoms with Crippen LogP contribution in [-0.4, -0.2) is 55.8 Å². The second-order valence-corrected chi connectivity index (χ2v) is 9.32. The summed E-state index contributed by atoms with van der Waals surface area (Å²) < 4.78 is 33.3. The quantitative estimate of drug-likeness (QED) is 0.792. The number of carbonyl (C=O) groups excluding carboxylic acids is 1. The van der Waals surface area contributed by atoms with Crippen molar-refractivity contribution in [2.24, 2.45) is 0 Å². The summed E-state index contributed by atoms with van der Waals surface area (Å²) >= 11 is 0. The summed E-state index contributed by atoms with van der Waals surface area (Å²) in [6.07, 6.45) is 0.0512. The van der Waals surface area contributed by atoms with E-state index >= 15 is 0 Å². The van der Waals surface area contributed by atoms with Crippen LogP contribution in [0.3, 0.4) is 0 Å². The van der Waals surface area contributed by atoms with Gasteiger partial charge in [0.25, 0.3) is 5.91 Å². The lowest BCUT2D eigenvalue weighted by Gasteiger charge is -2.35. The second-order valence-electron chi connectivity index (χ2n) is 7.42. The summed E-state index contributed by atoms with van der Waals surface area (Å²) in [5, 5.41) is 0. The molecule has 6 nitrogen and oxygen atoms in total. The van der Waals surface area contributed by atoms with E-state index in [1.54, 1.807) is 17.9 Å². The Bertz CT molecular complexity index is 986. The summed E-state index contributed by atoms with van der Waals surface area (Å²) in [4.78, 5) is 14.9. The highest BCUT2D eigenvalue weighted by molar-refractivity contribution is 7.89. The van der Waals surface area contributed by atoms with Gasteiger partial charge in [0.05, 0.1) is 4.90 Å². The van der Waals surface area contributed by atoms with Gasteiger partial charge in [-0.25, -0.2) is 8.42 Å². The van der Waals surface area contributed by atoms with E-state index in [2.05, 4.69) is 0 Å². The van der Waals surface area contributed by atoms with E-state index in [1.165, 1.54) is 4.31 Å². The molecule has 1 saturated heterocycles. The topological polar surface area (TPSA) is 66.9 Å². The molecule has 2 aromatic rings. The van der Waals surface area contributed by atoms with E-state index in [-0.39, 0.29) is 5.91 Å². The summed E-state index contributed by atoms with van der Waals surface area (Å²) in [5.74, 6) is 0.692. The van der Waals surface area contributed by atoms with Crippen molar-refractivity contribution in [3.05, 3.63) is 59.2 Å². The molecule has 2 heterocycles. The molecule has 1 atom stereocenters. The Morgan fingerprint density at radius 1 is 1.04 bits per heavy atom. The number of hydrogen-bond acceptors (Lipinski definition) is 4. The first-order chi connectivity index (χ1) is 13.4. The van der Waals surface area contributed by atoms with Gasteiger partial charge in [-0.15, -0.1) is 0 Å². The van der Waals surface area contributed by atoms with Gasteiger partial charge in [0, 0.05) is 32.6 Å². The van der Waals surface area contributed by atoms with Crippen LogP contribution in [0.1, 0.15) is 16.7 Å². The molecule has 0 unspecified atom stereocenters. The number of fused-ring (bicyclic) bond motifs is 1. The Balaban J connectivity index is 1.42. The number of piperazine rings is 1. The van der Waals surface area contributed by atoms with Crippen molar-refractivity contribution in [1.29, 1.82) is 0 Å². The average Bonchev–Trinajstić information content (AvgIpc) is 3.13. The molecule has 4 rings (SSSR count). The molecule has 1 fully saturated rings. The zero-order valence-electron chi connectivity index (χ0n) is 16.1. The first-order valence-corrected chi connectivity index (χ1v) is 10.9. The summed E-state index contributed by atoms with van der Waals surface area (Å²) in [6, 6.07) is 13.1. The minimum absolute atomic E-state index is 0.0695. The minimum atomic E-state index is -3.56. The SMILES string of the molecule is Cc1ccc(C)c(S(=O)(=O)N2CCN(C(=O)[C@H]3Cc4ccccc4O3)CC2)c1. The molecule has 0 N–H and O–H groups in total. The van der Waals surface area contributed by atoms with Crippen LogP contribution in [0.15, 0.2) is 47.4 Å². The molecule has 2 aliphatic rings. The van der Waals surface area contributed by atoms with Crippen LogP contribution in [0.4, 0.5) is 0 Å². The Morgan fingerprint density at radius 2 is 1.75 bits per heavy atom. The monoisotopic (exact) mass is 400 g/mol. The highest BCUT2D eigenvalue weighted by Gasteiger charge is 2.36. The fraction of sp³-hybridized carbons (Fsp3) is 0.381. The van der Waals surface area contributed by atoms with Gasteiger partial charge in [0.1, 0.15) is 5.75 Å². The normalized spacial score (nSPS) is 19.9. The molecule has 0 aliphatic carbocycles. The molecule has 7 heteroatoms. The molecule has 0 aromatic heterocycles. The number of rotatable bonds is 3. The van der Waals surface area contributed by atoms with E-state index in [0.717, 1.165) is 22.4 Å². The molecule has 0 spiro atoms. The average molecular weight is 401 g/mol. The largest absolute Gasteiger partial charge is 0.480 e. The molecular weight excluding hydrogens is 376 g/mol. The Kier molecular flexibility index (Phi) is 4.89. The third-order valence-electron chi connectivity index (χ3n) is 5.43. The molecule has 0 radical (unpaired) electrons. The van der Waals surface area contributed by atoms with Gasteiger partial charge in [-0.2, -0.15) is 4.31 Å². The van der Waals surface area contributed by atoms with Gasteiger partial charge in [0.15, 0.2) is 6.10 Å². The van der Waals surface area contributed by atoms with E-state index in [0.29, 0.717) is 37.5 Å². The number of sulfonamides is 1. The van der Waals surface area contributed by atoms with Gasteiger partial charge < -0.3 is 9.64 Å². The van der Waals surface area contributed by atoms with E-state index in [1.807, 2.05) is 43.3 Å². The lowest BCUT2D eigenvalue weighted by atomic mass is 10.1. The zero-order chi connectivity index (χ0) is 19.9. The van der Waals surface area contributed by atoms with Crippen LogP contribution < -0.4 is 4.74 Å². The van der Waals surface area contributed by atoms with Crippen LogP contribution in [0, 0.1) is 13.8 Å². The predicted molar refractivity (Wildman–Crippen MR) is 106 cm³/mol. The second kappa shape index (κ2) is 7.22. The zero-order valence-corrected chi connectivity index (χ0v) is 16.9. The van der Waals surface area contributed by atoms with Crippen LogP contribution in [0.25, 0.3) is 0 Å². The predicted octanol–water partition coefficient (Wildman–Crippen LogP) is 2.14. The molecule has 148 valence electrons. The number of amides is 1. The van der Waals surface area contributed by atoms with E-state index in [4.69, 9.17) is 4.74 Å². The molecule has 2 aromatic carbocycles. The number of carbonyl (C=O) groups is 1. The molecule has 0 saturated carbocycles. The Hall–Kier alpha value is -2.38. The van der Waals surface area contributed by atoms with Crippen molar-refractivity contribution in [3.63, 3.8) is 0 Å². The minimum Gasteiger partial charge on any atom is -0.480 e. The maximum Gasteiger partial charge on any atom is 0.264 e. The van der Waals surface area contributed by atoms with Crippen molar-refractivity contribution >= 4 is 15.9 Å². The van der Waals surface area contributed by atoms with Gasteiger partial charge in [-0.1, -0.05) is 30.3 Å². The summed E-state index contributed by atoms with van der Waals surface area (Å²) in [7, 11) is -3.56. The molecule has 1 amide bonds. The fourth-order valence-electron chi connectivity index (χ4n) is 3.80. The summed E-state index contributed by atoms with van der Waals surface area (Å²) in [6.45, 7) is 5.02. The summed E-state index contributed by atoms with van der Waals surface area (Å²) in [5.41, 5.74) is 2.69. The van der Waals surface area contributed by atoms with Gasteiger partial charge >= 0.3 is 0 Å². The van der Waals surface area contributed by atoms with Crippen LogP contribution in [-0.2, 0) is 21.2 Å². The van der Waals surface area contributed by atoms with E-state index in [9.17, 15) is 13.2 Å². The first-order valence-electron chi connectivity index (χ1n) is 9.47. The highest BCUT2D eigenvalue weighted by Crippen LogP contribution is 2.29. The lowest BCUT2D eigenvalue weighted by molar-refractivity contribution is -0.139. The number of para-hydroxylation sites is 1. The van der Waals surface area contributed by atoms with Crippen molar-refractivity contribution < 1.29 is 17.9 Å². The van der Waals surface area contributed by atoms with Crippen LogP contribution in [0.5, 0.6) is 5.75 Å². The highest BCUT2D eigenvalue weighted by atomic mass is 32.2. The smallest absolute Gasteiger partial charge is 0.264 e. The number of benzene rings is 2. The number of aryl methyl sites for hydroxylation is 2. The van der Waals surface area contributed by atoms with Crippen molar-refractivity contribution in [1.82, 2.24) is 9.21 Å². The molecular formula is C21H24N2O4S. The van der Waals surface area contributed by atoms with Crippen molar-refractivity contribution in [2.45, 2.75) is 31.3 Å². The number of ether oxygens (including phenoxy) is 1. The molecule has 2 aliphatic heterocycles. The lowest BCUT2D eigenvalue weighted by Crippen LogP contribution is -2.53. The first kappa shape index (κ1) is 19.0. The fourth-order valence-corrected chi connectivity index (χ4v) is 5.53. The van der Waals surface area contributed by atoms with Gasteiger partial charge in [0.2, 0.25) is 10.0 Å². The standard InChI is InChI=1S/C21H24N2O4S/c1-15-7-8-16(2)20(13-15)28(25,26)23-11-9-22(10-12-23)21(24)19-14-17-5-3-4-6-18(17)27-19/h3-8,13,19H,9-12,14H2,1-2H3/t19-/m1/s1. The van der Waals surface area contributed by atoms with Crippen LogP contribution in [0.2, 0.25) is 0 Å². The molecule has 0 bridgehead atoms. The Labute approximate surface area is 165 Å². The van der Waals surface area contributed by atoms with E-state index < -0.39 is 16.1 Å². The third-order valence-corrected chi connectivity index (χ3v) is 7.47. The number of hydrogen-bond donors (Lipinski definition) is 0. The Morgan fingerprint density at radius 3 is 2.46 bits per heavy atom. The molecule has 28 heavy (non-hydrogen) atoms. The van der Waals surface area contributed by atoms with Crippen molar-refractivity contribution in [2.75, 3.05) is 26.2 Å².